The molecule has 6 nitrogen and oxygen atoms in total. The molecule has 2 aliphatic heterocycles. The van der Waals surface area contributed by atoms with Gasteiger partial charge < -0.3 is 15.0 Å². The van der Waals surface area contributed by atoms with Crippen LogP contribution in [0.2, 0.25) is 0 Å². The Morgan fingerprint density at radius 1 is 1.43 bits per heavy atom. The van der Waals surface area contributed by atoms with Crippen molar-refractivity contribution in [2.45, 2.75) is 38.9 Å². The van der Waals surface area contributed by atoms with E-state index in [1.54, 1.807) is 16.6 Å². The maximum Gasteiger partial charge on any atom is 0.272 e. The van der Waals surface area contributed by atoms with E-state index >= 15 is 0 Å². The monoisotopic (exact) mass is 328 g/mol. The number of hydrogen-bond donors (Lipinski definition) is 1. The number of amides is 1. The van der Waals surface area contributed by atoms with Crippen molar-refractivity contribution in [3.8, 4) is 0 Å². The van der Waals surface area contributed by atoms with Crippen LogP contribution in [-0.4, -0.2) is 59.9 Å². The van der Waals surface area contributed by atoms with E-state index in [0.29, 0.717) is 31.4 Å². The van der Waals surface area contributed by atoms with E-state index < -0.39 is 13.0 Å². The highest BCUT2D eigenvalue weighted by atomic mass is 19.3. The number of aromatic nitrogens is 2. The van der Waals surface area contributed by atoms with Crippen LogP contribution in [0.1, 0.15) is 28.7 Å². The summed E-state index contributed by atoms with van der Waals surface area (Å²) in [6, 6.07) is 0.333. The zero-order chi connectivity index (χ0) is 16.6. The number of rotatable bonds is 4. The van der Waals surface area contributed by atoms with Gasteiger partial charge in [-0.05, 0) is 6.92 Å². The van der Waals surface area contributed by atoms with Crippen molar-refractivity contribution in [1.82, 2.24) is 20.0 Å². The van der Waals surface area contributed by atoms with Gasteiger partial charge in [-0.2, -0.15) is 5.10 Å². The first-order chi connectivity index (χ1) is 11.0. The molecular weight excluding hydrogens is 306 g/mol. The van der Waals surface area contributed by atoms with E-state index in [1.807, 2.05) is 0 Å². The molecule has 0 saturated carbocycles. The quantitative estimate of drug-likeness (QED) is 0.892. The predicted molar refractivity (Wildman–Crippen MR) is 79.5 cm³/mol. The highest BCUT2D eigenvalue weighted by molar-refractivity contribution is 5.94. The molecule has 1 N–H and O–H groups in total. The molecule has 8 heteroatoms. The summed E-state index contributed by atoms with van der Waals surface area (Å²) >= 11 is 0. The Hall–Kier alpha value is -1.54. The maximum absolute atomic E-state index is 12.7. The van der Waals surface area contributed by atoms with E-state index in [2.05, 4.69) is 17.3 Å². The van der Waals surface area contributed by atoms with Crippen molar-refractivity contribution in [3.05, 3.63) is 17.0 Å². The van der Waals surface area contributed by atoms with Crippen LogP contribution < -0.4 is 5.32 Å². The molecule has 3 rings (SSSR count). The van der Waals surface area contributed by atoms with Crippen molar-refractivity contribution in [3.63, 3.8) is 0 Å². The second-order valence-corrected chi connectivity index (χ2v) is 6.42. The van der Waals surface area contributed by atoms with Gasteiger partial charge in [0, 0.05) is 50.6 Å². The number of nitrogens with one attached hydrogen (secondary N) is 1. The minimum atomic E-state index is -2.47. The number of fused-ring (bicyclic) bond motifs is 3. The summed E-state index contributed by atoms with van der Waals surface area (Å²) in [4.78, 5) is 14.3. The fourth-order valence-corrected chi connectivity index (χ4v) is 3.29. The van der Waals surface area contributed by atoms with Gasteiger partial charge in [0.1, 0.15) is 12.3 Å². The second kappa shape index (κ2) is 6.52. The molecule has 0 aromatic carbocycles. The first kappa shape index (κ1) is 16.3. The Morgan fingerprint density at radius 3 is 2.96 bits per heavy atom. The number of nitrogens with zero attached hydrogens (tertiary/aromatic N) is 3. The SMILES string of the molecule is C[C@@H]1Cc2nn3c(c2CN1)C(=O)N(C)C[C@@H](COCC(F)F)C3. The Labute approximate surface area is 133 Å². The van der Waals surface area contributed by atoms with Gasteiger partial charge in [0.25, 0.3) is 12.3 Å². The molecule has 0 aliphatic carbocycles. The largest absolute Gasteiger partial charge is 0.375 e. The van der Waals surface area contributed by atoms with E-state index in [0.717, 1.165) is 17.7 Å². The molecule has 0 saturated heterocycles. The molecule has 3 heterocycles. The average molecular weight is 328 g/mol. The zero-order valence-electron chi connectivity index (χ0n) is 13.4. The number of alkyl halides is 2. The number of halogens is 2. The van der Waals surface area contributed by atoms with Crippen molar-refractivity contribution >= 4 is 5.91 Å². The van der Waals surface area contributed by atoms with Gasteiger partial charge >= 0.3 is 0 Å². The van der Waals surface area contributed by atoms with Crippen LogP contribution in [0, 0.1) is 5.92 Å². The van der Waals surface area contributed by atoms with Crippen LogP contribution in [0.4, 0.5) is 8.78 Å². The summed E-state index contributed by atoms with van der Waals surface area (Å²) in [5.41, 5.74) is 2.55. The van der Waals surface area contributed by atoms with Crippen LogP contribution in [0.25, 0.3) is 0 Å². The molecule has 2 aliphatic rings. The Balaban J connectivity index is 1.81. The molecule has 0 unspecified atom stereocenters. The molecule has 0 bridgehead atoms. The third kappa shape index (κ3) is 3.37. The van der Waals surface area contributed by atoms with Crippen LogP contribution >= 0.6 is 0 Å². The topological polar surface area (TPSA) is 59.4 Å². The molecule has 23 heavy (non-hydrogen) atoms. The normalized spacial score (nSPS) is 24.6. The van der Waals surface area contributed by atoms with E-state index in [9.17, 15) is 13.6 Å². The minimum Gasteiger partial charge on any atom is -0.375 e. The number of ether oxygens (including phenoxy) is 1. The first-order valence-electron chi connectivity index (χ1n) is 7.89. The summed E-state index contributed by atoms with van der Waals surface area (Å²) in [6.07, 6.45) is -1.68. The van der Waals surface area contributed by atoms with Gasteiger partial charge in [-0.15, -0.1) is 0 Å². The van der Waals surface area contributed by atoms with Crippen LogP contribution in [0.5, 0.6) is 0 Å². The lowest BCUT2D eigenvalue weighted by molar-refractivity contribution is -0.00113. The first-order valence-corrected chi connectivity index (χ1v) is 7.89. The number of carbonyl (C=O) groups excluding carboxylic acids is 1. The fraction of sp³-hybridized carbons (Fsp3) is 0.733. The van der Waals surface area contributed by atoms with Crippen molar-refractivity contribution < 1.29 is 18.3 Å². The van der Waals surface area contributed by atoms with Gasteiger partial charge in [-0.25, -0.2) is 8.78 Å². The third-order valence-corrected chi connectivity index (χ3v) is 4.37. The van der Waals surface area contributed by atoms with Gasteiger partial charge in [-0.3, -0.25) is 9.48 Å². The van der Waals surface area contributed by atoms with Crippen molar-refractivity contribution in [2.24, 2.45) is 5.92 Å². The maximum atomic E-state index is 12.7. The van der Waals surface area contributed by atoms with Gasteiger partial charge in [-0.1, -0.05) is 0 Å². The van der Waals surface area contributed by atoms with Crippen LogP contribution in [0.3, 0.4) is 0 Å². The van der Waals surface area contributed by atoms with Crippen molar-refractivity contribution in [2.75, 3.05) is 26.8 Å². The number of hydrogen-bond acceptors (Lipinski definition) is 4. The van der Waals surface area contributed by atoms with Crippen LogP contribution in [-0.2, 0) is 24.2 Å². The fourth-order valence-electron chi connectivity index (χ4n) is 3.29. The lowest BCUT2D eigenvalue weighted by Gasteiger charge is -2.22. The number of carbonyl (C=O) groups is 1. The molecule has 128 valence electrons. The average Bonchev–Trinajstić information content (AvgIpc) is 2.77. The summed E-state index contributed by atoms with van der Waals surface area (Å²) in [6.45, 7) is 3.33. The summed E-state index contributed by atoms with van der Waals surface area (Å²) in [5.74, 6) is -0.109. The Kier molecular flexibility index (Phi) is 4.63. The van der Waals surface area contributed by atoms with E-state index in [1.165, 1.54) is 0 Å². The lowest BCUT2D eigenvalue weighted by atomic mass is 10.0. The Morgan fingerprint density at radius 2 is 2.22 bits per heavy atom. The standard InChI is InChI=1S/C15H22F2N4O2/c1-9-3-12-11(4-18-9)14-15(22)20(2)5-10(6-21(14)19-12)7-23-8-13(16)17/h9-10,13,18H,3-8H2,1-2H3/t9-,10-/m1/s1. The summed E-state index contributed by atoms with van der Waals surface area (Å²) in [5, 5.41) is 7.96. The zero-order valence-corrected chi connectivity index (χ0v) is 13.4. The summed E-state index contributed by atoms with van der Waals surface area (Å²) in [7, 11) is 1.73. The van der Waals surface area contributed by atoms with Gasteiger partial charge in [0.15, 0.2) is 0 Å². The smallest absolute Gasteiger partial charge is 0.272 e. The molecule has 2 atom stereocenters. The molecule has 0 radical (unpaired) electrons. The molecule has 1 aromatic heterocycles. The molecule has 1 aromatic rings. The summed E-state index contributed by atoms with van der Waals surface area (Å²) < 4.78 is 31.3. The predicted octanol–water partition coefficient (Wildman–Crippen LogP) is 0.901. The second-order valence-electron chi connectivity index (χ2n) is 6.42. The van der Waals surface area contributed by atoms with Gasteiger partial charge in [0.2, 0.25) is 0 Å². The molecular formula is C15H22F2N4O2. The highest BCUT2D eigenvalue weighted by Gasteiger charge is 2.33. The third-order valence-electron chi connectivity index (χ3n) is 4.37. The molecule has 1 amide bonds. The minimum absolute atomic E-state index is 0.0457. The van der Waals surface area contributed by atoms with Crippen molar-refractivity contribution in [1.29, 1.82) is 0 Å². The van der Waals surface area contributed by atoms with Crippen LogP contribution in [0.15, 0.2) is 0 Å². The highest BCUT2D eigenvalue weighted by Crippen LogP contribution is 2.25. The van der Waals surface area contributed by atoms with E-state index in [-0.39, 0.29) is 18.4 Å². The molecule has 0 spiro atoms. The molecule has 0 fully saturated rings. The Bertz CT molecular complexity index is 590. The van der Waals surface area contributed by atoms with E-state index in [4.69, 9.17) is 4.74 Å². The lowest BCUT2D eigenvalue weighted by Crippen LogP contribution is -2.35. The van der Waals surface area contributed by atoms with Gasteiger partial charge in [0.05, 0.1) is 12.3 Å².